The molecule has 2 rings (SSSR count). The van der Waals surface area contributed by atoms with Gasteiger partial charge in [-0.3, -0.25) is 4.79 Å². The van der Waals surface area contributed by atoms with Crippen LogP contribution in [0.3, 0.4) is 0 Å². The predicted molar refractivity (Wildman–Crippen MR) is 56.1 cm³/mol. The van der Waals surface area contributed by atoms with Crippen LogP contribution in [0.5, 0.6) is 5.75 Å². The maximum absolute atomic E-state index is 13.7. The van der Waals surface area contributed by atoms with Crippen LogP contribution in [0.2, 0.25) is 0 Å². The Hall–Kier alpha value is -1.65. The standard InChI is InChI=1S/C12H12F2O3/c1-17-10-4-7(8(13)5-9(10)14)12(2-3-12)6-11(15)16/h4-5H,2-3,6H2,1H3,(H,15,16). The molecule has 1 fully saturated rings. The fourth-order valence-corrected chi connectivity index (χ4v) is 2.07. The van der Waals surface area contributed by atoms with E-state index in [2.05, 4.69) is 0 Å². The summed E-state index contributed by atoms with van der Waals surface area (Å²) >= 11 is 0. The Kier molecular flexibility index (Phi) is 2.77. The zero-order chi connectivity index (χ0) is 12.6. The third-order valence-electron chi connectivity index (χ3n) is 3.16. The molecule has 0 saturated heterocycles. The molecule has 0 unspecified atom stereocenters. The summed E-state index contributed by atoms with van der Waals surface area (Å²) in [4.78, 5) is 10.7. The highest BCUT2D eigenvalue weighted by molar-refractivity contribution is 5.70. The lowest BCUT2D eigenvalue weighted by Crippen LogP contribution is -2.15. The molecule has 0 spiro atoms. The SMILES string of the molecule is COc1cc(C2(CC(=O)O)CC2)c(F)cc1F. The van der Waals surface area contributed by atoms with Crippen molar-refractivity contribution in [2.75, 3.05) is 7.11 Å². The molecule has 0 atom stereocenters. The molecular weight excluding hydrogens is 230 g/mol. The fourth-order valence-electron chi connectivity index (χ4n) is 2.07. The number of ether oxygens (including phenoxy) is 1. The van der Waals surface area contributed by atoms with Crippen molar-refractivity contribution in [3.05, 3.63) is 29.3 Å². The number of aliphatic carboxylic acids is 1. The van der Waals surface area contributed by atoms with Gasteiger partial charge in [-0.25, -0.2) is 8.78 Å². The maximum atomic E-state index is 13.7. The topological polar surface area (TPSA) is 46.5 Å². The van der Waals surface area contributed by atoms with Crippen LogP contribution in [0.1, 0.15) is 24.8 Å². The largest absolute Gasteiger partial charge is 0.494 e. The van der Waals surface area contributed by atoms with Crippen LogP contribution in [-0.2, 0) is 10.2 Å². The van der Waals surface area contributed by atoms with E-state index in [1.807, 2.05) is 0 Å². The van der Waals surface area contributed by atoms with Gasteiger partial charge in [0.2, 0.25) is 0 Å². The zero-order valence-corrected chi connectivity index (χ0v) is 9.30. The Balaban J connectivity index is 2.42. The lowest BCUT2D eigenvalue weighted by atomic mass is 9.91. The van der Waals surface area contributed by atoms with Crippen LogP contribution >= 0.6 is 0 Å². The molecule has 0 amide bonds. The van der Waals surface area contributed by atoms with E-state index in [0.29, 0.717) is 12.8 Å². The summed E-state index contributed by atoms with van der Waals surface area (Å²) in [5.74, 6) is -2.52. The van der Waals surface area contributed by atoms with Crippen molar-refractivity contribution in [3.8, 4) is 5.75 Å². The van der Waals surface area contributed by atoms with Gasteiger partial charge in [0.15, 0.2) is 11.6 Å². The average Bonchev–Trinajstić information content (AvgIpc) is 2.97. The Morgan fingerprint density at radius 1 is 1.41 bits per heavy atom. The van der Waals surface area contributed by atoms with Gasteiger partial charge in [0.1, 0.15) is 5.82 Å². The molecular formula is C12H12F2O3. The smallest absolute Gasteiger partial charge is 0.304 e. The van der Waals surface area contributed by atoms with Gasteiger partial charge in [-0.2, -0.15) is 0 Å². The van der Waals surface area contributed by atoms with Crippen molar-refractivity contribution in [2.45, 2.75) is 24.7 Å². The van der Waals surface area contributed by atoms with Crippen molar-refractivity contribution in [1.29, 1.82) is 0 Å². The van der Waals surface area contributed by atoms with Crippen LogP contribution in [0.25, 0.3) is 0 Å². The molecule has 1 aromatic rings. The van der Waals surface area contributed by atoms with E-state index < -0.39 is 23.0 Å². The first-order chi connectivity index (χ1) is 7.98. The molecule has 1 aromatic carbocycles. The van der Waals surface area contributed by atoms with Crippen molar-refractivity contribution < 1.29 is 23.4 Å². The minimum Gasteiger partial charge on any atom is -0.494 e. The van der Waals surface area contributed by atoms with Crippen LogP contribution < -0.4 is 4.74 Å². The maximum Gasteiger partial charge on any atom is 0.304 e. The van der Waals surface area contributed by atoms with Gasteiger partial charge in [-0.05, 0) is 24.5 Å². The van der Waals surface area contributed by atoms with E-state index in [1.54, 1.807) is 0 Å². The normalized spacial score (nSPS) is 16.6. The van der Waals surface area contributed by atoms with E-state index >= 15 is 0 Å². The molecule has 0 radical (unpaired) electrons. The molecule has 5 heteroatoms. The number of carboxylic acids is 1. The summed E-state index contributed by atoms with van der Waals surface area (Å²) in [6.45, 7) is 0. The average molecular weight is 242 g/mol. The van der Waals surface area contributed by atoms with E-state index in [-0.39, 0.29) is 17.7 Å². The number of hydrogen-bond donors (Lipinski definition) is 1. The first-order valence-corrected chi connectivity index (χ1v) is 5.24. The first kappa shape index (κ1) is 11.8. The summed E-state index contributed by atoms with van der Waals surface area (Å²) in [5, 5.41) is 8.79. The Bertz CT molecular complexity index is 467. The molecule has 1 saturated carbocycles. The van der Waals surface area contributed by atoms with Crippen LogP contribution in [-0.4, -0.2) is 18.2 Å². The number of hydrogen-bond acceptors (Lipinski definition) is 2. The summed E-state index contributed by atoms with van der Waals surface area (Å²) in [6.07, 6.45) is 1.06. The molecule has 92 valence electrons. The third kappa shape index (κ3) is 2.09. The van der Waals surface area contributed by atoms with Gasteiger partial charge < -0.3 is 9.84 Å². The summed E-state index contributed by atoms with van der Waals surface area (Å²) in [7, 11) is 1.29. The van der Waals surface area contributed by atoms with E-state index in [1.165, 1.54) is 13.2 Å². The summed E-state index contributed by atoms with van der Waals surface area (Å²) < 4.78 is 31.7. The second-order valence-corrected chi connectivity index (χ2v) is 4.32. The minimum atomic E-state index is -0.981. The molecule has 1 aliphatic rings. The Labute approximate surface area is 97.0 Å². The quantitative estimate of drug-likeness (QED) is 0.882. The van der Waals surface area contributed by atoms with Gasteiger partial charge >= 0.3 is 5.97 Å². The van der Waals surface area contributed by atoms with Gasteiger partial charge in [-0.15, -0.1) is 0 Å². The fraction of sp³-hybridized carbons (Fsp3) is 0.417. The first-order valence-electron chi connectivity index (χ1n) is 5.24. The van der Waals surface area contributed by atoms with Crippen molar-refractivity contribution in [3.63, 3.8) is 0 Å². The molecule has 0 heterocycles. The second-order valence-electron chi connectivity index (χ2n) is 4.32. The van der Waals surface area contributed by atoms with Gasteiger partial charge in [-0.1, -0.05) is 0 Å². The van der Waals surface area contributed by atoms with Crippen LogP contribution in [0, 0.1) is 11.6 Å². The van der Waals surface area contributed by atoms with Gasteiger partial charge in [0.05, 0.1) is 13.5 Å². The minimum absolute atomic E-state index is 0.0573. The van der Waals surface area contributed by atoms with E-state index in [0.717, 1.165) is 6.07 Å². The van der Waals surface area contributed by atoms with Gasteiger partial charge in [0, 0.05) is 11.5 Å². The van der Waals surface area contributed by atoms with E-state index in [9.17, 15) is 13.6 Å². The number of benzene rings is 1. The Morgan fingerprint density at radius 3 is 2.53 bits per heavy atom. The van der Waals surface area contributed by atoms with Crippen molar-refractivity contribution in [2.24, 2.45) is 0 Å². The number of carbonyl (C=O) groups is 1. The number of methoxy groups -OCH3 is 1. The lowest BCUT2D eigenvalue weighted by molar-refractivity contribution is -0.137. The highest BCUT2D eigenvalue weighted by atomic mass is 19.1. The van der Waals surface area contributed by atoms with E-state index in [4.69, 9.17) is 9.84 Å². The predicted octanol–water partition coefficient (Wildman–Crippen LogP) is 2.48. The highest BCUT2D eigenvalue weighted by Crippen LogP contribution is 2.52. The lowest BCUT2D eigenvalue weighted by Gasteiger charge is -2.15. The van der Waals surface area contributed by atoms with Crippen molar-refractivity contribution >= 4 is 5.97 Å². The molecule has 0 bridgehead atoms. The number of carboxylic acid groups (broad SMARTS) is 1. The molecule has 0 aliphatic heterocycles. The van der Waals surface area contributed by atoms with Crippen LogP contribution in [0.15, 0.2) is 12.1 Å². The summed E-state index contributed by atoms with van der Waals surface area (Å²) in [6, 6.07) is 2.01. The monoisotopic (exact) mass is 242 g/mol. The third-order valence-corrected chi connectivity index (χ3v) is 3.16. The second kappa shape index (κ2) is 3.98. The Morgan fingerprint density at radius 2 is 2.06 bits per heavy atom. The molecule has 1 N–H and O–H groups in total. The molecule has 17 heavy (non-hydrogen) atoms. The highest BCUT2D eigenvalue weighted by Gasteiger charge is 2.48. The molecule has 0 aromatic heterocycles. The summed E-state index contributed by atoms with van der Waals surface area (Å²) in [5.41, 5.74) is -0.449. The van der Waals surface area contributed by atoms with Gasteiger partial charge in [0.25, 0.3) is 0 Å². The number of rotatable bonds is 4. The van der Waals surface area contributed by atoms with Crippen molar-refractivity contribution in [1.82, 2.24) is 0 Å². The van der Waals surface area contributed by atoms with Crippen LogP contribution in [0.4, 0.5) is 8.78 Å². The zero-order valence-electron chi connectivity index (χ0n) is 9.30. The molecule has 1 aliphatic carbocycles. The molecule has 3 nitrogen and oxygen atoms in total. The number of halogens is 2.